The first-order valence-corrected chi connectivity index (χ1v) is 12.1. The number of thiazole rings is 1. The molecule has 180 valence electrons. The second-order valence-corrected chi connectivity index (χ2v) is 8.90. The van der Waals surface area contributed by atoms with Gasteiger partial charge in [0.05, 0.1) is 26.3 Å². The number of piperazine rings is 1. The maximum absolute atomic E-state index is 13.0. The Balaban J connectivity index is 1.17. The second kappa shape index (κ2) is 10.2. The number of benzene rings is 2. The monoisotopic (exact) mass is 491 g/mol. The largest absolute Gasteiger partial charge is 0.497 e. The van der Waals surface area contributed by atoms with E-state index in [0.29, 0.717) is 37.0 Å². The predicted molar refractivity (Wildman–Crippen MR) is 132 cm³/mol. The molecule has 1 saturated heterocycles. The molecule has 0 bridgehead atoms. The van der Waals surface area contributed by atoms with Gasteiger partial charge in [-0.3, -0.25) is 9.69 Å². The Morgan fingerprint density at radius 2 is 1.77 bits per heavy atom. The van der Waals surface area contributed by atoms with Crippen molar-refractivity contribution in [1.82, 2.24) is 24.9 Å². The molecule has 0 spiro atoms. The van der Waals surface area contributed by atoms with Crippen LogP contribution < -0.4 is 9.47 Å². The van der Waals surface area contributed by atoms with Crippen molar-refractivity contribution in [3.63, 3.8) is 0 Å². The van der Waals surface area contributed by atoms with Gasteiger partial charge in [0.25, 0.3) is 5.91 Å². The summed E-state index contributed by atoms with van der Waals surface area (Å²) in [6.45, 7) is 3.20. The summed E-state index contributed by atoms with van der Waals surface area (Å²) in [5, 5.41) is 6.68. The average Bonchev–Trinajstić information content (AvgIpc) is 3.59. The number of hydrogen-bond acceptors (Lipinski definition) is 9. The molecule has 2 aromatic heterocycles. The third-order valence-corrected chi connectivity index (χ3v) is 6.77. The Labute approximate surface area is 206 Å². The molecule has 9 nitrogen and oxygen atoms in total. The predicted octanol–water partition coefficient (Wildman–Crippen LogP) is 3.84. The number of para-hydroxylation sites is 1. The topological polar surface area (TPSA) is 93.8 Å². The molecule has 0 unspecified atom stereocenters. The van der Waals surface area contributed by atoms with Crippen LogP contribution in [0.25, 0.3) is 22.0 Å². The summed E-state index contributed by atoms with van der Waals surface area (Å²) in [7, 11) is 3.26. The van der Waals surface area contributed by atoms with E-state index in [1.807, 2.05) is 58.8 Å². The molecule has 0 aliphatic carbocycles. The van der Waals surface area contributed by atoms with Crippen molar-refractivity contribution in [3.05, 3.63) is 65.5 Å². The van der Waals surface area contributed by atoms with Crippen molar-refractivity contribution < 1.29 is 18.8 Å². The van der Waals surface area contributed by atoms with Crippen LogP contribution in [-0.2, 0) is 6.54 Å². The average molecular weight is 492 g/mol. The number of hydrogen-bond donors (Lipinski definition) is 0. The highest BCUT2D eigenvalue weighted by molar-refractivity contribution is 7.13. The van der Waals surface area contributed by atoms with E-state index in [-0.39, 0.29) is 5.91 Å². The maximum atomic E-state index is 13.0. The van der Waals surface area contributed by atoms with Gasteiger partial charge in [-0.25, -0.2) is 4.98 Å². The molecule has 35 heavy (non-hydrogen) atoms. The van der Waals surface area contributed by atoms with E-state index < -0.39 is 0 Å². The number of nitrogens with zero attached hydrogens (tertiary/aromatic N) is 5. The van der Waals surface area contributed by atoms with E-state index in [9.17, 15) is 4.79 Å². The number of amides is 1. The van der Waals surface area contributed by atoms with Crippen LogP contribution in [0.4, 0.5) is 0 Å². The number of methoxy groups -OCH3 is 2. The highest BCUT2D eigenvalue weighted by atomic mass is 32.1. The van der Waals surface area contributed by atoms with Crippen molar-refractivity contribution in [3.8, 4) is 33.5 Å². The third kappa shape index (κ3) is 5.03. The van der Waals surface area contributed by atoms with Gasteiger partial charge < -0.3 is 18.9 Å². The fourth-order valence-corrected chi connectivity index (χ4v) is 4.78. The molecular weight excluding hydrogens is 466 g/mol. The van der Waals surface area contributed by atoms with E-state index in [1.54, 1.807) is 14.2 Å². The van der Waals surface area contributed by atoms with Crippen molar-refractivity contribution in [2.45, 2.75) is 6.54 Å². The molecule has 10 heteroatoms. The third-order valence-electron chi connectivity index (χ3n) is 5.90. The minimum Gasteiger partial charge on any atom is -0.497 e. The zero-order valence-corrected chi connectivity index (χ0v) is 20.3. The Kier molecular flexibility index (Phi) is 6.73. The minimum atomic E-state index is -0.0540. The van der Waals surface area contributed by atoms with E-state index in [1.165, 1.54) is 11.3 Å². The number of aromatic nitrogens is 3. The molecule has 1 aliphatic rings. The molecule has 5 rings (SSSR count). The van der Waals surface area contributed by atoms with Crippen LogP contribution in [0, 0.1) is 0 Å². The zero-order valence-electron chi connectivity index (χ0n) is 19.5. The van der Waals surface area contributed by atoms with Crippen LogP contribution in [0.3, 0.4) is 0 Å². The minimum absolute atomic E-state index is 0.0540. The van der Waals surface area contributed by atoms with Crippen molar-refractivity contribution in [2.24, 2.45) is 0 Å². The van der Waals surface area contributed by atoms with Gasteiger partial charge in [-0.1, -0.05) is 17.3 Å². The van der Waals surface area contributed by atoms with Crippen LogP contribution in [0.1, 0.15) is 16.4 Å². The van der Waals surface area contributed by atoms with Crippen LogP contribution in [0.5, 0.6) is 11.5 Å². The summed E-state index contributed by atoms with van der Waals surface area (Å²) in [5.74, 6) is 2.56. The number of ether oxygens (including phenoxy) is 2. The molecule has 4 aromatic rings. The summed E-state index contributed by atoms with van der Waals surface area (Å²) >= 11 is 1.45. The smallest absolute Gasteiger partial charge is 0.273 e. The highest BCUT2D eigenvalue weighted by Gasteiger charge is 2.25. The summed E-state index contributed by atoms with van der Waals surface area (Å²) in [4.78, 5) is 26.2. The molecule has 2 aromatic carbocycles. The van der Waals surface area contributed by atoms with Gasteiger partial charge in [0.1, 0.15) is 22.2 Å². The molecule has 1 fully saturated rings. The Morgan fingerprint density at radius 1 is 1.00 bits per heavy atom. The number of carbonyl (C=O) groups excluding carboxylic acids is 1. The Morgan fingerprint density at radius 3 is 2.51 bits per heavy atom. The van der Waals surface area contributed by atoms with Gasteiger partial charge in [-0.2, -0.15) is 4.98 Å². The molecule has 0 N–H and O–H groups in total. The number of rotatable bonds is 7. The summed E-state index contributed by atoms with van der Waals surface area (Å²) < 4.78 is 16.1. The lowest BCUT2D eigenvalue weighted by Gasteiger charge is -2.33. The van der Waals surface area contributed by atoms with Crippen LogP contribution in [0.2, 0.25) is 0 Å². The Bertz CT molecular complexity index is 1300. The molecule has 0 radical (unpaired) electrons. The summed E-state index contributed by atoms with van der Waals surface area (Å²) in [5.41, 5.74) is 2.22. The van der Waals surface area contributed by atoms with E-state index in [0.717, 1.165) is 40.7 Å². The van der Waals surface area contributed by atoms with Crippen LogP contribution in [0.15, 0.2) is 58.4 Å². The van der Waals surface area contributed by atoms with Gasteiger partial charge in [0.15, 0.2) is 0 Å². The lowest BCUT2D eigenvalue weighted by molar-refractivity contribution is 0.0610. The van der Waals surface area contributed by atoms with Gasteiger partial charge >= 0.3 is 0 Å². The van der Waals surface area contributed by atoms with Crippen molar-refractivity contribution in [2.75, 3.05) is 40.4 Å². The maximum Gasteiger partial charge on any atom is 0.273 e. The molecule has 0 saturated carbocycles. The van der Waals surface area contributed by atoms with E-state index >= 15 is 0 Å². The van der Waals surface area contributed by atoms with Crippen molar-refractivity contribution in [1.29, 1.82) is 0 Å². The Hall–Kier alpha value is -3.76. The first-order chi connectivity index (χ1) is 17.1. The quantitative estimate of drug-likeness (QED) is 0.385. The van der Waals surface area contributed by atoms with Gasteiger partial charge in [-0.05, 0) is 36.4 Å². The molecule has 1 amide bonds. The SMILES string of the molecule is COc1ccc(-c2noc(CN3CCN(C(=O)c4csc(-c5ccccc5OC)n4)CC3)n2)cc1. The normalized spacial score (nSPS) is 14.2. The van der Waals surface area contributed by atoms with Crippen molar-refractivity contribution >= 4 is 17.2 Å². The molecule has 0 atom stereocenters. The second-order valence-electron chi connectivity index (χ2n) is 8.05. The fraction of sp³-hybridized carbons (Fsp3) is 0.280. The van der Waals surface area contributed by atoms with Crippen LogP contribution >= 0.6 is 11.3 Å². The summed E-state index contributed by atoms with van der Waals surface area (Å²) in [6.07, 6.45) is 0. The zero-order chi connectivity index (χ0) is 24.2. The summed E-state index contributed by atoms with van der Waals surface area (Å²) in [6, 6.07) is 15.2. The molecular formula is C25H25N5O4S. The van der Waals surface area contributed by atoms with Gasteiger partial charge in [0.2, 0.25) is 11.7 Å². The lowest BCUT2D eigenvalue weighted by Crippen LogP contribution is -2.48. The van der Waals surface area contributed by atoms with Gasteiger partial charge in [-0.15, -0.1) is 11.3 Å². The van der Waals surface area contributed by atoms with Gasteiger partial charge in [0, 0.05) is 37.1 Å². The van der Waals surface area contributed by atoms with Crippen LogP contribution in [-0.4, -0.2) is 71.2 Å². The van der Waals surface area contributed by atoms with E-state index in [4.69, 9.17) is 14.0 Å². The fourth-order valence-electron chi connectivity index (χ4n) is 3.96. The first kappa shape index (κ1) is 23.0. The van der Waals surface area contributed by atoms with E-state index in [2.05, 4.69) is 20.0 Å². The highest BCUT2D eigenvalue weighted by Crippen LogP contribution is 2.32. The number of carbonyl (C=O) groups is 1. The lowest BCUT2D eigenvalue weighted by atomic mass is 10.2. The first-order valence-electron chi connectivity index (χ1n) is 11.2. The standard InChI is InChI=1S/C25H25N5O4S/c1-32-18-9-7-17(8-10-18)23-27-22(34-28-23)15-29-11-13-30(14-12-29)25(31)20-16-35-24(26-20)19-5-3-4-6-21(19)33-2/h3-10,16H,11-15H2,1-2H3. The molecule has 1 aliphatic heterocycles. The molecule has 3 heterocycles.